The molecule has 28 heavy (non-hydrogen) atoms. The van der Waals surface area contributed by atoms with Gasteiger partial charge in [0.1, 0.15) is 17.5 Å². The highest BCUT2D eigenvalue weighted by Crippen LogP contribution is 2.49. The summed E-state index contributed by atoms with van der Waals surface area (Å²) in [7, 11) is 4.76. The molecule has 0 aliphatic heterocycles. The van der Waals surface area contributed by atoms with Crippen molar-refractivity contribution in [2.24, 2.45) is 0 Å². The van der Waals surface area contributed by atoms with Crippen LogP contribution in [-0.4, -0.2) is 33.1 Å². The van der Waals surface area contributed by atoms with Gasteiger partial charge in [0.15, 0.2) is 0 Å². The molecule has 2 aromatic rings. The molecule has 0 saturated heterocycles. The van der Waals surface area contributed by atoms with Crippen LogP contribution in [0, 0.1) is 6.92 Å². The standard InChI is InChI=1S/C22H26N2O4/c1-14-17(6-5-7-18(14)28-4)19(20(25)23-2)24-21(26)22(12-13-22)15-8-10-16(27-3)11-9-15/h5-11,19H,12-13H2,1-4H3,(H,23,25)(H,24,26). The Morgan fingerprint density at radius 2 is 1.71 bits per heavy atom. The number of methoxy groups -OCH3 is 2. The Hall–Kier alpha value is -3.02. The molecule has 148 valence electrons. The van der Waals surface area contributed by atoms with Crippen molar-refractivity contribution in [2.75, 3.05) is 21.3 Å². The lowest BCUT2D eigenvalue weighted by Crippen LogP contribution is -2.43. The molecule has 0 heterocycles. The van der Waals surface area contributed by atoms with Crippen molar-refractivity contribution in [3.63, 3.8) is 0 Å². The Labute approximate surface area is 165 Å². The summed E-state index contributed by atoms with van der Waals surface area (Å²) in [6.45, 7) is 1.88. The van der Waals surface area contributed by atoms with E-state index >= 15 is 0 Å². The number of carbonyl (C=O) groups is 2. The normalized spacial score (nSPS) is 15.3. The van der Waals surface area contributed by atoms with Crippen molar-refractivity contribution in [1.29, 1.82) is 0 Å². The molecule has 2 N–H and O–H groups in total. The van der Waals surface area contributed by atoms with E-state index in [1.807, 2.05) is 49.4 Å². The minimum absolute atomic E-state index is 0.145. The van der Waals surface area contributed by atoms with Crippen molar-refractivity contribution in [2.45, 2.75) is 31.2 Å². The van der Waals surface area contributed by atoms with Crippen molar-refractivity contribution in [3.05, 3.63) is 59.2 Å². The first kappa shape index (κ1) is 19.7. The lowest BCUT2D eigenvalue weighted by atomic mass is 9.93. The summed E-state index contributed by atoms with van der Waals surface area (Å²) in [6.07, 6.45) is 1.51. The Balaban J connectivity index is 1.89. The minimum atomic E-state index is -0.789. The molecular weight excluding hydrogens is 356 g/mol. The molecule has 0 radical (unpaired) electrons. The molecule has 0 aromatic heterocycles. The van der Waals surface area contributed by atoms with Gasteiger partial charge in [-0.2, -0.15) is 0 Å². The van der Waals surface area contributed by atoms with Crippen LogP contribution in [0.1, 0.15) is 35.6 Å². The molecule has 1 unspecified atom stereocenters. The van der Waals surface area contributed by atoms with E-state index in [1.54, 1.807) is 21.3 Å². The van der Waals surface area contributed by atoms with Gasteiger partial charge in [0, 0.05) is 7.05 Å². The van der Waals surface area contributed by atoms with Crippen LogP contribution >= 0.6 is 0 Å². The molecule has 1 aliphatic carbocycles. The van der Waals surface area contributed by atoms with E-state index < -0.39 is 11.5 Å². The highest BCUT2D eigenvalue weighted by atomic mass is 16.5. The predicted octanol–water partition coefficient (Wildman–Crippen LogP) is 2.65. The monoisotopic (exact) mass is 382 g/mol. The summed E-state index contributed by atoms with van der Waals surface area (Å²) >= 11 is 0. The van der Waals surface area contributed by atoms with E-state index in [2.05, 4.69) is 10.6 Å². The van der Waals surface area contributed by atoms with E-state index in [0.29, 0.717) is 5.75 Å². The topological polar surface area (TPSA) is 76.7 Å². The number of nitrogens with one attached hydrogen (secondary N) is 2. The zero-order chi connectivity index (χ0) is 20.3. The molecule has 2 amide bonds. The Morgan fingerprint density at radius 3 is 2.25 bits per heavy atom. The van der Waals surface area contributed by atoms with Gasteiger partial charge in [0.05, 0.1) is 19.6 Å². The molecule has 1 saturated carbocycles. The summed E-state index contributed by atoms with van der Waals surface area (Å²) in [5.74, 6) is 1.01. The average molecular weight is 382 g/mol. The first-order chi connectivity index (χ1) is 13.5. The maximum Gasteiger partial charge on any atom is 0.246 e. The van der Waals surface area contributed by atoms with Crippen LogP contribution in [0.25, 0.3) is 0 Å². The van der Waals surface area contributed by atoms with Crippen LogP contribution < -0.4 is 20.1 Å². The van der Waals surface area contributed by atoms with Crippen molar-refractivity contribution < 1.29 is 19.1 Å². The van der Waals surface area contributed by atoms with Gasteiger partial charge in [-0.15, -0.1) is 0 Å². The summed E-state index contributed by atoms with van der Waals surface area (Å²) in [5, 5.41) is 5.62. The van der Waals surface area contributed by atoms with E-state index in [9.17, 15) is 9.59 Å². The van der Waals surface area contributed by atoms with E-state index in [-0.39, 0.29) is 11.8 Å². The fourth-order valence-electron chi connectivity index (χ4n) is 3.55. The molecule has 1 aliphatic rings. The Kier molecular flexibility index (Phi) is 5.58. The number of benzene rings is 2. The Bertz CT molecular complexity index is 873. The molecular formula is C22H26N2O4. The molecule has 6 nitrogen and oxygen atoms in total. The molecule has 3 rings (SSSR count). The Morgan fingerprint density at radius 1 is 1.04 bits per heavy atom. The van der Waals surface area contributed by atoms with Crippen LogP contribution in [0.3, 0.4) is 0 Å². The highest BCUT2D eigenvalue weighted by molar-refractivity contribution is 5.95. The third kappa shape index (κ3) is 3.54. The number of carbonyl (C=O) groups excluding carboxylic acids is 2. The zero-order valence-corrected chi connectivity index (χ0v) is 16.7. The summed E-state index contributed by atoms with van der Waals surface area (Å²) in [6, 6.07) is 12.2. The van der Waals surface area contributed by atoms with Crippen LogP contribution in [0.15, 0.2) is 42.5 Å². The SMILES string of the molecule is CNC(=O)C(NC(=O)C1(c2ccc(OC)cc2)CC1)c1cccc(OC)c1C. The second-order valence-electron chi connectivity index (χ2n) is 7.01. The van der Waals surface area contributed by atoms with Crippen LogP contribution in [0.2, 0.25) is 0 Å². The largest absolute Gasteiger partial charge is 0.497 e. The van der Waals surface area contributed by atoms with Crippen LogP contribution in [0.5, 0.6) is 11.5 Å². The minimum Gasteiger partial charge on any atom is -0.497 e. The summed E-state index contributed by atoms with van der Waals surface area (Å²) in [5.41, 5.74) is 1.89. The van der Waals surface area contributed by atoms with Crippen LogP contribution in [-0.2, 0) is 15.0 Å². The lowest BCUT2D eigenvalue weighted by molar-refractivity contribution is -0.130. The zero-order valence-electron chi connectivity index (χ0n) is 16.7. The number of amides is 2. The summed E-state index contributed by atoms with van der Waals surface area (Å²) < 4.78 is 10.6. The van der Waals surface area contributed by atoms with Gasteiger partial charge in [0.25, 0.3) is 0 Å². The number of likely N-dealkylation sites (N-methyl/N-ethyl adjacent to an activating group) is 1. The van der Waals surface area contributed by atoms with Gasteiger partial charge < -0.3 is 20.1 Å². The number of rotatable bonds is 7. The van der Waals surface area contributed by atoms with Crippen molar-refractivity contribution >= 4 is 11.8 Å². The molecule has 2 aromatic carbocycles. The predicted molar refractivity (Wildman–Crippen MR) is 107 cm³/mol. The fourth-order valence-corrected chi connectivity index (χ4v) is 3.55. The third-order valence-electron chi connectivity index (χ3n) is 5.47. The van der Waals surface area contributed by atoms with Gasteiger partial charge in [0.2, 0.25) is 11.8 Å². The second-order valence-corrected chi connectivity index (χ2v) is 7.01. The molecule has 6 heteroatoms. The molecule has 0 bridgehead atoms. The van der Waals surface area contributed by atoms with Gasteiger partial charge in [-0.05, 0) is 54.7 Å². The molecule has 1 fully saturated rings. The van der Waals surface area contributed by atoms with E-state index in [4.69, 9.17) is 9.47 Å². The molecule has 1 atom stereocenters. The van der Waals surface area contributed by atoms with Crippen molar-refractivity contribution in [1.82, 2.24) is 10.6 Å². The van der Waals surface area contributed by atoms with Gasteiger partial charge in [-0.1, -0.05) is 24.3 Å². The average Bonchev–Trinajstić information content (AvgIpc) is 3.54. The maximum absolute atomic E-state index is 13.2. The van der Waals surface area contributed by atoms with Crippen LogP contribution in [0.4, 0.5) is 0 Å². The second kappa shape index (κ2) is 7.92. The van der Waals surface area contributed by atoms with Crippen molar-refractivity contribution in [3.8, 4) is 11.5 Å². The van der Waals surface area contributed by atoms with Gasteiger partial charge in [-0.3, -0.25) is 9.59 Å². The lowest BCUT2D eigenvalue weighted by Gasteiger charge is -2.24. The van der Waals surface area contributed by atoms with E-state index in [1.165, 1.54) is 0 Å². The smallest absolute Gasteiger partial charge is 0.246 e. The number of ether oxygens (including phenoxy) is 2. The quantitative estimate of drug-likeness (QED) is 0.772. The third-order valence-corrected chi connectivity index (χ3v) is 5.47. The number of hydrogen-bond donors (Lipinski definition) is 2. The molecule has 0 spiro atoms. The van der Waals surface area contributed by atoms with Gasteiger partial charge >= 0.3 is 0 Å². The summed E-state index contributed by atoms with van der Waals surface area (Å²) in [4.78, 5) is 25.8. The van der Waals surface area contributed by atoms with Gasteiger partial charge in [-0.25, -0.2) is 0 Å². The first-order valence-corrected chi connectivity index (χ1v) is 9.27. The van der Waals surface area contributed by atoms with E-state index in [0.717, 1.165) is 35.3 Å². The number of hydrogen-bond acceptors (Lipinski definition) is 4. The fraction of sp³-hybridized carbons (Fsp3) is 0.364. The highest BCUT2D eigenvalue weighted by Gasteiger charge is 2.52. The maximum atomic E-state index is 13.2. The first-order valence-electron chi connectivity index (χ1n) is 9.27.